The average Bonchev–Trinajstić information content (AvgIpc) is 2.32. The fraction of sp³-hybridized carbons (Fsp3) is 0.667. The van der Waals surface area contributed by atoms with Crippen LogP contribution >= 0.6 is 0 Å². The summed E-state index contributed by atoms with van der Waals surface area (Å²) < 4.78 is 0. The topological polar surface area (TPSA) is 63.8 Å². The van der Waals surface area contributed by atoms with Crippen LogP contribution in [0.5, 0.6) is 0 Å². The lowest BCUT2D eigenvalue weighted by Crippen LogP contribution is -2.33. The van der Waals surface area contributed by atoms with Crippen molar-refractivity contribution in [2.24, 2.45) is 11.8 Å². The standard InChI is InChI=1S/C12H22N4/c1-3-5-10(6-4-2)12(16-13)11-7-14-9-15-8-11/h7-10,12,16H,3-6,13H2,1-2H3. The number of nitrogens with zero attached hydrogens (tertiary/aromatic N) is 2. The van der Waals surface area contributed by atoms with E-state index in [2.05, 4.69) is 29.2 Å². The third-order valence-electron chi connectivity index (χ3n) is 2.91. The highest BCUT2D eigenvalue weighted by molar-refractivity contribution is 5.10. The number of hydrazine groups is 1. The molecule has 0 aliphatic rings. The Morgan fingerprint density at radius 2 is 1.75 bits per heavy atom. The summed E-state index contributed by atoms with van der Waals surface area (Å²) in [6.07, 6.45) is 9.94. The van der Waals surface area contributed by atoms with Gasteiger partial charge in [-0.1, -0.05) is 26.7 Å². The molecule has 0 saturated carbocycles. The van der Waals surface area contributed by atoms with Crippen LogP contribution in [0.4, 0.5) is 0 Å². The van der Waals surface area contributed by atoms with Gasteiger partial charge in [0.15, 0.2) is 0 Å². The number of nitrogens with one attached hydrogen (secondary N) is 1. The molecule has 90 valence electrons. The lowest BCUT2D eigenvalue weighted by atomic mass is 9.87. The van der Waals surface area contributed by atoms with Crippen LogP contribution in [0.2, 0.25) is 0 Å². The number of rotatable bonds is 7. The van der Waals surface area contributed by atoms with Crippen molar-refractivity contribution in [2.75, 3.05) is 0 Å². The van der Waals surface area contributed by atoms with Gasteiger partial charge in [-0.3, -0.25) is 11.3 Å². The summed E-state index contributed by atoms with van der Waals surface area (Å²) in [5, 5.41) is 0. The summed E-state index contributed by atoms with van der Waals surface area (Å²) in [7, 11) is 0. The lowest BCUT2D eigenvalue weighted by Gasteiger charge is -2.25. The smallest absolute Gasteiger partial charge is 0.115 e. The van der Waals surface area contributed by atoms with Gasteiger partial charge in [0.05, 0.1) is 6.04 Å². The zero-order valence-corrected chi connectivity index (χ0v) is 10.2. The molecule has 1 aromatic heterocycles. The second-order valence-electron chi connectivity index (χ2n) is 4.15. The number of hydrogen-bond donors (Lipinski definition) is 2. The van der Waals surface area contributed by atoms with Gasteiger partial charge in [-0.15, -0.1) is 0 Å². The van der Waals surface area contributed by atoms with E-state index in [0.717, 1.165) is 5.56 Å². The van der Waals surface area contributed by atoms with Crippen molar-refractivity contribution in [3.63, 3.8) is 0 Å². The molecule has 1 rings (SSSR count). The van der Waals surface area contributed by atoms with E-state index in [0.29, 0.717) is 5.92 Å². The Balaban J connectivity index is 2.77. The molecule has 3 N–H and O–H groups in total. The van der Waals surface area contributed by atoms with Crippen LogP contribution in [0.1, 0.15) is 51.1 Å². The summed E-state index contributed by atoms with van der Waals surface area (Å²) in [6, 6.07) is 0.168. The Bertz CT molecular complexity index is 270. The van der Waals surface area contributed by atoms with Gasteiger partial charge in [0.1, 0.15) is 6.33 Å². The zero-order chi connectivity index (χ0) is 11.8. The van der Waals surface area contributed by atoms with Crippen molar-refractivity contribution in [1.82, 2.24) is 15.4 Å². The van der Waals surface area contributed by atoms with Crippen LogP contribution in [0.25, 0.3) is 0 Å². The van der Waals surface area contributed by atoms with Crippen LogP contribution in [-0.4, -0.2) is 9.97 Å². The molecule has 4 nitrogen and oxygen atoms in total. The number of aromatic nitrogens is 2. The van der Waals surface area contributed by atoms with Crippen molar-refractivity contribution in [1.29, 1.82) is 0 Å². The van der Waals surface area contributed by atoms with E-state index in [1.807, 2.05) is 12.4 Å². The first kappa shape index (κ1) is 13.1. The molecule has 0 amide bonds. The molecule has 0 aliphatic heterocycles. The highest BCUT2D eigenvalue weighted by Crippen LogP contribution is 2.28. The molecule has 1 aromatic rings. The van der Waals surface area contributed by atoms with Crippen LogP contribution < -0.4 is 11.3 Å². The van der Waals surface area contributed by atoms with Crippen LogP contribution in [0, 0.1) is 5.92 Å². The van der Waals surface area contributed by atoms with Crippen LogP contribution in [0.15, 0.2) is 18.7 Å². The van der Waals surface area contributed by atoms with E-state index in [9.17, 15) is 0 Å². The summed E-state index contributed by atoms with van der Waals surface area (Å²) in [4.78, 5) is 8.10. The average molecular weight is 222 g/mol. The van der Waals surface area contributed by atoms with Gasteiger partial charge in [-0.25, -0.2) is 9.97 Å². The van der Waals surface area contributed by atoms with Gasteiger partial charge in [0.25, 0.3) is 0 Å². The fourth-order valence-corrected chi connectivity index (χ4v) is 2.19. The van der Waals surface area contributed by atoms with E-state index in [1.165, 1.54) is 25.7 Å². The second kappa shape index (κ2) is 7.30. The fourth-order valence-electron chi connectivity index (χ4n) is 2.19. The minimum Gasteiger partial charge on any atom is -0.271 e. The summed E-state index contributed by atoms with van der Waals surface area (Å²) in [5.41, 5.74) is 3.99. The Kier molecular flexibility index (Phi) is 5.96. The van der Waals surface area contributed by atoms with Gasteiger partial charge < -0.3 is 0 Å². The Hall–Kier alpha value is -1.00. The first-order valence-electron chi connectivity index (χ1n) is 6.04. The van der Waals surface area contributed by atoms with E-state index in [-0.39, 0.29) is 6.04 Å². The van der Waals surface area contributed by atoms with E-state index in [1.54, 1.807) is 6.33 Å². The van der Waals surface area contributed by atoms with E-state index >= 15 is 0 Å². The normalized spacial score (nSPS) is 13.0. The van der Waals surface area contributed by atoms with E-state index in [4.69, 9.17) is 5.84 Å². The van der Waals surface area contributed by atoms with Crippen LogP contribution in [-0.2, 0) is 0 Å². The molecular formula is C12H22N4. The molecule has 0 bridgehead atoms. The molecule has 0 saturated heterocycles. The minimum absolute atomic E-state index is 0.168. The Labute approximate surface area is 97.7 Å². The number of nitrogens with two attached hydrogens (primary N) is 1. The highest BCUT2D eigenvalue weighted by atomic mass is 15.2. The Morgan fingerprint density at radius 3 is 2.19 bits per heavy atom. The summed E-state index contributed by atoms with van der Waals surface area (Å²) in [5.74, 6) is 6.22. The van der Waals surface area contributed by atoms with Crippen molar-refractivity contribution >= 4 is 0 Å². The van der Waals surface area contributed by atoms with Crippen molar-refractivity contribution in [3.05, 3.63) is 24.3 Å². The lowest BCUT2D eigenvalue weighted by molar-refractivity contribution is 0.318. The highest BCUT2D eigenvalue weighted by Gasteiger charge is 2.20. The molecule has 0 aliphatic carbocycles. The third-order valence-corrected chi connectivity index (χ3v) is 2.91. The SMILES string of the molecule is CCCC(CCC)C(NN)c1cncnc1. The summed E-state index contributed by atoms with van der Waals surface area (Å²) >= 11 is 0. The minimum atomic E-state index is 0.168. The maximum atomic E-state index is 5.66. The van der Waals surface area contributed by atoms with Gasteiger partial charge in [-0.2, -0.15) is 0 Å². The molecular weight excluding hydrogens is 200 g/mol. The molecule has 1 heterocycles. The van der Waals surface area contributed by atoms with Gasteiger partial charge in [0, 0.05) is 18.0 Å². The monoisotopic (exact) mass is 222 g/mol. The van der Waals surface area contributed by atoms with Crippen LogP contribution in [0.3, 0.4) is 0 Å². The molecule has 0 radical (unpaired) electrons. The Morgan fingerprint density at radius 1 is 1.19 bits per heavy atom. The predicted molar refractivity (Wildman–Crippen MR) is 65.4 cm³/mol. The first-order chi connectivity index (χ1) is 7.83. The largest absolute Gasteiger partial charge is 0.271 e. The molecule has 16 heavy (non-hydrogen) atoms. The summed E-state index contributed by atoms with van der Waals surface area (Å²) in [6.45, 7) is 4.41. The zero-order valence-electron chi connectivity index (χ0n) is 10.2. The van der Waals surface area contributed by atoms with Crippen molar-refractivity contribution in [3.8, 4) is 0 Å². The maximum Gasteiger partial charge on any atom is 0.115 e. The second-order valence-corrected chi connectivity index (χ2v) is 4.15. The maximum absolute atomic E-state index is 5.66. The molecule has 1 atom stereocenters. The van der Waals surface area contributed by atoms with E-state index < -0.39 is 0 Å². The molecule has 0 fully saturated rings. The van der Waals surface area contributed by atoms with Gasteiger partial charge >= 0.3 is 0 Å². The van der Waals surface area contributed by atoms with Gasteiger partial charge in [0.2, 0.25) is 0 Å². The van der Waals surface area contributed by atoms with Gasteiger partial charge in [-0.05, 0) is 18.8 Å². The van der Waals surface area contributed by atoms with Crippen molar-refractivity contribution < 1.29 is 0 Å². The quantitative estimate of drug-likeness (QED) is 0.548. The molecule has 0 spiro atoms. The molecule has 0 aromatic carbocycles. The molecule has 4 heteroatoms. The first-order valence-corrected chi connectivity index (χ1v) is 6.04. The van der Waals surface area contributed by atoms with Crippen molar-refractivity contribution in [2.45, 2.75) is 45.6 Å². The number of hydrogen-bond acceptors (Lipinski definition) is 4. The molecule has 1 unspecified atom stereocenters. The predicted octanol–water partition coefficient (Wildman–Crippen LogP) is 2.20. The third kappa shape index (κ3) is 3.54.